The first-order valence-electron chi connectivity index (χ1n) is 6.24. The smallest absolute Gasteiger partial charge is 0.316 e. The number of carbonyl (C=O) groups is 3. The number of nitrogens with two attached hydrogens (primary N) is 1. The lowest BCUT2D eigenvalue weighted by Crippen LogP contribution is -2.46. The predicted molar refractivity (Wildman–Crippen MR) is 69.2 cm³/mol. The Morgan fingerprint density at radius 2 is 1.80 bits per heavy atom. The van der Waals surface area contributed by atoms with E-state index in [1.54, 1.807) is 6.07 Å². The fourth-order valence-electron chi connectivity index (χ4n) is 2.03. The normalized spacial score (nSPS) is 15.7. The number of nitrogens with one attached hydrogen (secondary N) is 1. The molecule has 0 saturated carbocycles. The lowest BCUT2D eigenvalue weighted by molar-refractivity contribution is -0.144. The Kier molecular flexibility index (Phi) is 4.24. The number of hydrogen-bond donors (Lipinski definition) is 2. The number of primary amides is 1. The minimum atomic E-state index is -0.784. The van der Waals surface area contributed by atoms with Crippen molar-refractivity contribution in [3.8, 4) is 0 Å². The van der Waals surface area contributed by atoms with Gasteiger partial charge in [0.15, 0.2) is 0 Å². The van der Waals surface area contributed by atoms with Gasteiger partial charge in [0, 0.05) is 31.4 Å². The molecule has 106 valence electrons. The fourth-order valence-corrected chi connectivity index (χ4v) is 2.03. The minimum Gasteiger partial charge on any atom is -0.369 e. The van der Waals surface area contributed by atoms with E-state index < -0.39 is 11.8 Å². The van der Waals surface area contributed by atoms with E-state index in [1.807, 2.05) is 0 Å². The number of aromatic nitrogens is 2. The van der Waals surface area contributed by atoms with Crippen LogP contribution < -0.4 is 11.1 Å². The summed E-state index contributed by atoms with van der Waals surface area (Å²) < 4.78 is 0. The van der Waals surface area contributed by atoms with Crippen LogP contribution in [0.1, 0.15) is 12.8 Å². The third-order valence-electron chi connectivity index (χ3n) is 3.17. The number of piperidine rings is 1. The van der Waals surface area contributed by atoms with E-state index >= 15 is 0 Å². The van der Waals surface area contributed by atoms with Gasteiger partial charge in [-0.1, -0.05) is 0 Å². The molecule has 1 aromatic heterocycles. The highest BCUT2D eigenvalue weighted by molar-refractivity contribution is 6.39. The van der Waals surface area contributed by atoms with Crippen LogP contribution in [0, 0.1) is 5.92 Å². The molecule has 1 saturated heterocycles. The number of amides is 3. The maximum Gasteiger partial charge on any atom is 0.316 e. The van der Waals surface area contributed by atoms with E-state index in [4.69, 9.17) is 5.73 Å². The second-order valence-electron chi connectivity index (χ2n) is 4.50. The van der Waals surface area contributed by atoms with Crippen molar-refractivity contribution in [2.45, 2.75) is 12.8 Å². The molecule has 2 heterocycles. The molecule has 20 heavy (non-hydrogen) atoms. The van der Waals surface area contributed by atoms with Crippen molar-refractivity contribution in [1.82, 2.24) is 14.9 Å². The summed E-state index contributed by atoms with van der Waals surface area (Å²) in [5.74, 6) is -1.94. The van der Waals surface area contributed by atoms with Gasteiger partial charge in [-0.05, 0) is 18.9 Å². The second kappa shape index (κ2) is 6.09. The Labute approximate surface area is 115 Å². The van der Waals surface area contributed by atoms with Crippen LogP contribution in [0.15, 0.2) is 18.5 Å². The molecule has 0 spiro atoms. The van der Waals surface area contributed by atoms with Crippen molar-refractivity contribution >= 4 is 23.7 Å². The van der Waals surface area contributed by atoms with Gasteiger partial charge in [0.25, 0.3) is 0 Å². The SMILES string of the molecule is NC(=O)C1CCN(C(=O)C(=O)Nc2ncccn2)CC1. The number of likely N-dealkylation sites (tertiary alicyclic amines) is 1. The van der Waals surface area contributed by atoms with Gasteiger partial charge in [-0.15, -0.1) is 0 Å². The van der Waals surface area contributed by atoms with Crippen LogP contribution in [0.25, 0.3) is 0 Å². The largest absolute Gasteiger partial charge is 0.369 e. The van der Waals surface area contributed by atoms with Gasteiger partial charge in [-0.2, -0.15) is 0 Å². The third kappa shape index (κ3) is 3.28. The van der Waals surface area contributed by atoms with Crippen molar-refractivity contribution in [1.29, 1.82) is 0 Å². The summed E-state index contributed by atoms with van der Waals surface area (Å²) in [5.41, 5.74) is 5.21. The predicted octanol–water partition coefficient (Wildman–Crippen LogP) is -0.861. The molecule has 0 bridgehead atoms. The number of nitrogens with zero attached hydrogens (tertiary/aromatic N) is 3. The van der Waals surface area contributed by atoms with Gasteiger partial charge in [0.1, 0.15) is 0 Å². The average Bonchev–Trinajstić information content (AvgIpc) is 2.47. The first kappa shape index (κ1) is 13.9. The van der Waals surface area contributed by atoms with E-state index in [-0.39, 0.29) is 17.8 Å². The molecule has 0 unspecified atom stereocenters. The molecule has 1 fully saturated rings. The van der Waals surface area contributed by atoms with Crippen LogP contribution in [-0.4, -0.2) is 45.7 Å². The zero-order valence-corrected chi connectivity index (χ0v) is 10.8. The molecule has 8 nitrogen and oxygen atoms in total. The molecule has 1 aromatic rings. The Hall–Kier alpha value is -2.51. The number of rotatable bonds is 2. The standard InChI is InChI=1S/C12H15N5O3/c13-9(18)8-2-6-17(7-3-8)11(20)10(19)16-12-14-4-1-5-15-12/h1,4-5,8H,2-3,6-7H2,(H2,13,18)(H,14,15,16,19). The first-order chi connectivity index (χ1) is 9.58. The Bertz CT molecular complexity index is 511. The van der Waals surface area contributed by atoms with Gasteiger partial charge < -0.3 is 10.6 Å². The quantitative estimate of drug-likeness (QED) is 0.682. The van der Waals surface area contributed by atoms with E-state index in [0.717, 1.165) is 0 Å². The van der Waals surface area contributed by atoms with Crippen molar-refractivity contribution in [3.05, 3.63) is 18.5 Å². The molecule has 0 radical (unpaired) electrons. The molecule has 3 N–H and O–H groups in total. The highest BCUT2D eigenvalue weighted by Gasteiger charge is 2.29. The fraction of sp³-hybridized carbons (Fsp3) is 0.417. The molecule has 0 atom stereocenters. The van der Waals surface area contributed by atoms with Crippen molar-refractivity contribution in [3.63, 3.8) is 0 Å². The van der Waals surface area contributed by atoms with E-state index in [1.165, 1.54) is 17.3 Å². The summed E-state index contributed by atoms with van der Waals surface area (Å²) in [4.78, 5) is 43.7. The second-order valence-corrected chi connectivity index (χ2v) is 4.50. The molecule has 2 rings (SSSR count). The molecular weight excluding hydrogens is 262 g/mol. The average molecular weight is 277 g/mol. The first-order valence-corrected chi connectivity index (χ1v) is 6.24. The number of carbonyl (C=O) groups excluding carboxylic acids is 3. The summed E-state index contributed by atoms with van der Waals surface area (Å²) in [5, 5.41) is 2.33. The maximum atomic E-state index is 11.9. The molecule has 0 aromatic carbocycles. The van der Waals surface area contributed by atoms with Crippen LogP contribution in [-0.2, 0) is 14.4 Å². The van der Waals surface area contributed by atoms with Crippen LogP contribution in [0.4, 0.5) is 5.95 Å². The lowest BCUT2D eigenvalue weighted by Gasteiger charge is -2.29. The van der Waals surface area contributed by atoms with Gasteiger partial charge in [-0.3, -0.25) is 19.7 Å². The van der Waals surface area contributed by atoms with Gasteiger partial charge in [-0.25, -0.2) is 9.97 Å². The molecule has 1 aliphatic heterocycles. The molecule has 8 heteroatoms. The topological polar surface area (TPSA) is 118 Å². The Balaban J connectivity index is 1.89. The van der Waals surface area contributed by atoms with Gasteiger partial charge >= 0.3 is 11.8 Å². The summed E-state index contributed by atoms with van der Waals surface area (Å²) in [6, 6.07) is 1.60. The maximum absolute atomic E-state index is 11.9. The highest BCUT2D eigenvalue weighted by atomic mass is 16.2. The van der Waals surface area contributed by atoms with Crippen LogP contribution in [0.2, 0.25) is 0 Å². The minimum absolute atomic E-state index is 0.0814. The Morgan fingerprint density at radius 3 is 2.35 bits per heavy atom. The zero-order chi connectivity index (χ0) is 14.5. The zero-order valence-electron chi connectivity index (χ0n) is 10.8. The van der Waals surface area contributed by atoms with Crippen LogP contribution in [0.3, 0.4) is 0 Å². The highest BCUT2D eigenvalue weighted by Crippen LogP contribution is 2.16. The summed E-state index contributed by atoms with van der Waals surface area (Å²) >= 11 is 0. The van der Waals surface area contributed by atoms with Crippen molar-refractivity contribution < 1.29 is 14.4 Å². The molecule has 1 aliphatic rings. The van der Waals surface area contributed by atoms with Gasteiger partial charge in [0.05, 0.1) is 0 Å². The third-order valence-corrected chi connectivity index (χ3v) is 3.17. The van der Waals surface area contributed by atoms with Crippen LogP contribution >= 0.6 is 0 Å². The number of hydrogen-bond acceptors (Lipinski definition) is 5. The number of anilines is 1. The van der Waals surface area contributed by atoms with E-state index in [9.17, 15) is 14.4 Å². The monoisotopic (exact) mass is 277 g/mol. The summed E-state index contributed by atoms with van der Waals surface area (Å²) in [7, 11) is 0. The summed E-state index contributed by atoms with van der Waals surface area (Å²) in [6.07, 6.45) is 3.89. The van der Waals surface area contributed by atoms with Gasteiger partial charge in [0.2, 0.25) is 11.9 Å². The summed E-state index contributed by atoms with van der Waals surface area (Å²) in [6.45, 7) is 0.686. The van der Waals surface area contributed by atoms with Crippen molar-refractivity contribution in [2.24, 2.45) is 11.7 Å². The van der Waals surface area contributed by atoms with E-state index in [2.05, 4.69) is 15.3 Å². The Morgan fingerprint density at radius 1 is 1.20 bits per heavy atom. The molecular formula is C12H15N5O3. The molecule has 0 aliphatic carbocycles. The lowest BCUT2D eigenvalue weighted by atomic mass is 9.96. The molecule has 3 amide bonds. The van der Waals surface area contributed by atoms with Crippen molar-refractivity contribution in [2.75, 3.05) is 18.4 Å². The van der Waals surface area contributed by atoms with E-state index in [0.29, 0.717) is 25.9 Å². The van der Waals surface area contributed by atoms with Crippen LogP contribution in [0.5, 0.6) is 0 Å².